The third-order valence-electron chi connectivity index (χ3n) is 5.91. The van der Waals surface area contributed by atoms with Gasteiger partial charge in [-0.05, 0) is 61.7 Å². The molecule has 188 valence electrons. The quantitative estimate of drug-likeness (QED) is 0.394. The molecule has 0 saturated heterocycles. The van der Waals surface area contributed by atoms with Gasteiger partial charge in [0.15, 0.2) is 6.10 Å². The van der Waals surface area contributed by atoms with Crippen molar-refractivity contribution in [1.29, 1.82) is 0 Å². The molecule has 0 aliphatic carbocycles. The van der Waals surface area contributed by atoms with Crippen molar-refractivity contribution < 1.29 is 28.7 Å². The number of anilines is 1. The SMILES string of the molecule is Cc1ccc(C)c(N2C(=O)c3ccc(C(=O)OC(C)C(=O)NC(=O)NCc4ccccc4)cc3C2=O)c1. The first-order valence-corrected chi connectivity index (χ1v) is 11.6. The summed E-state index contributed by atoms with van der Waals surface area (Å²) >= 11 is 0. The van der Waals surface area contributed by atoms with Crippen LogP contribution in [0.5, 0.6) is 0 Å². The van der Waals surface area contributed by atoms with Crippen molar-refractivity contribution in [2.45, 2.75) is 33.4 Å². The predicted octanol–water partition coefficient (Wildman–Crippen LogP) is 3.68. The van der Waals surface area contributed by atoms with Gasteiger partial charge in [0.25, 0.3) is 17.7 Å². The number of amides is 5. The minimum Gasteiger partial charge on any atom is -0.449 e. The van der Waals surface area contributed by atoms with Gasteiger partial charge in [0.2, 0.25) is 0 Å². The lowest BCUT2D eigenvalue weighted by Crippen LogP contribution is -2.44. The van der Waals surface area contributed by atoms with Crippen LogP contribution in [0, 0.1) is 13.8 Å². The highest BCUT2D eigenvalue weighted by molar-refractivity contribution is 6.35. The zero-order valence-electron chi connectivity index (χ0n) is 20.5. The second-order valence-corrected chi connectivity index (χ2v) is 8.70. The van der Waals surface area contributed by atoms with Gasteiger partial charge >= 0.3 is 12.0 Å². The van der Waals surface area contributed by atoms with Gasteiger partial charge < -0.3 is 10.1 Å². The highest BCUT2D eigenvalue weighted by Crippen LogP contribution is 2.32. The minimum absolute atomic E-state index is 0.00380. The lowest BCUT2D eigenvalue weighted by Gasteiger charge is -2.17. The number of urea groups is 1. The normalized spacial score (nSPS) is 13.1. The molecule has 3 aromatic carbocycles. The summed E-state index contributed by atoms with van der Waals surface area (Å²) in [7, 11) is 0. The number of ether oxygens (including phenoxy) is 1. The van der Waals surface area contributed by atoms with Gasteiger partial charge in [0, 0.05) is 6.54 Å². The van der Waals surface area contributed by atoms with Gasteiger partial charge in [0.1, 0.15) is 0 Å². The summed E-state index contributed by atoms with van der Waals surface area (Å²) in [5, 5.41) is 4.67. The highest BCUT2D eigenvalue weighted by Gasteiger charge is 2.38. The molecule has 0 spiro atoms. The number of carbonyl (C=O) groups excluding carboxylic acids is 5. The van der Waals surface area contributed by atoms with Crippen LogP contribution in [0.25, 0.3) is 0 Å². The van der Waals surface area contributed by atoms with Crippen LogP contribution >= 0.6 is 0 Å². The van der Waals surface area contributed by atoms with E-state index in [9.17, 15) is 24.0 Å². The zero-order chi connectivity index (χ0) is 26.7. The fraction of sp³-hybridized carbons (Fsp3) is 0.179. The van der Waals surface area contributed by atoms with E-state index in [-0.39, 0.29) is 23.2 Å². The van der Waals surface area contributed by atoms with Crippen LogP contribution in [-0.2, 0) is 16.1 Å². The van der Waals surface area contributed by atoms with Gasteiger partial charge in [0.05, 0.1) is 22.4 Å². The first kappa shape index (κ1) is 25.3. The Bertz CT molecular complexity index is 1420. The molecule has 2 N–H and O–H groups in total. The third-order valence-corrected chi connectivity index (χ3v) is 5.91. The Morgan fingerprint density at radius 2 is 1.59 bits per heavy atom. The molecule has 37 heavy (non-hydrogen) atoms. The van der Waals surface area contributed by atoms with E-state index in [4.69, 9.17) is 4.74 Å². The molecular formula is C28H25N3O6. The average molecular weight is 500 g/mol. The molecule has 1 heterocycles. The molecule has 0 bridgehead atoms. The largest absolute Gasteiger partial charge is 0.449 e. The van der Waals surface area contributed by atoms with E-state index in [0.29, 0.717) is 5.69 Å². The molecule has 1 unspecified atom stereocenters. The van der Waals surface area contributed by atoms with Crippen LogP contribution in [0.4, 0.5) is 10.5 Å². The first-order valence-electron chi connectivity index (χ1n) is 11.6. The maximum atomic E-state index is 13.1. The lowest BCUT2D eigenvalue weighted by molar-refractivity contribution is -0.127. The molecule has 0 fully saturated rings. The Kier molecular flexibility index (Phi) is 7.15. The van der Waals surface area contributed by atoms with Crippen LogP contribution in [0.2, 0.25) is 0 Å². The number of carbonyl (C=O) groups is 5. The average Bonchev–Trinajstić information content (AvgIpc) is 3.13. The summed E-state index contributed by atoms with van der Waals surface area (Å²) in [5.74, 6) is -2.72. The number of esters is 1. The third kappa shape index (κ3) is 5.40. The van der Waals surface area contributed by atoms with Gasteiger partial charge in [-0.2, -0.15) is 0 Å². The summed E-state index contributed by atoms with van der Waals surface area (Å²) in [6.45, 7) is 5.20. The summed E-state index contributed by atoms with van der Waals surface area (Å²) in [6, 6.07) is 17.9. The molecule has 9 nitrogen and oxygen atoms in total. The van der Waals surface area contributed by atoms with Gasteiger partial charge in [-0.3, -0.25) is 19.7 Å². The monoisotopic (exact) mass is 499 g/mol. The molecular weight excluding hydrogens is 474 g/mol. The van der Waals surface area contributed by atoms with E-state index < -0.39 is 35.8 Å². The van der Waals surface area contributed by atoms with Crippen molar-refractivity contribution in [3.05, 3.63) is 100 Å². The molecule has 5 amide bonds. The maximum Gasteiger partial charge on any atom is 0.338 e. The van der Waals surface area contributed by atoms with Crippen LogP contribution < -0.4 is 15.5 Å². The Morgan fingerprint density at radius 3 is 2.32 bits per heavy atom. The van der Waals surface area contributed by atoms with E-state index in [1.54, 1.807) is 13.0 Å². The molecule has 3 aromatic rings. The molecule has 1 aliphatic rings. The number of hydrogen-bond donors (Lipinski definition) is 2. The Morgan fingerprint density at radius 1 is 0.892 bits per heavy atom. The second-order valence-electron chi connectivity index (χ2n) is 8.70. The van der Waals surface area contributed by atoms with Crippen LogP contribution in [0.15, 0.2) is 66.7 Å². The number of benzene rings is 3. The summed E-state index contributed by atoms with van der Waals surface area (Å²) < 4.78 is 5.19. The van der Waals surface area contributed by atoms with Gasteiger partial charge in [-0.1, -0.05) is 42.5 Å². The highest BCUT2D eigenvalue weighted by atomic mass is 16.5. The first-order chi connectivity index (χ1) is 17.7. The topological polar surface area (TPSA) is 122 Å². The number of rotatable bonds is 6. The van der Waals surface area contributed by atoms with Gasteiger partial charge in [-0.25, -0.2) is 14.5 Å². The van der Waals surface area contributed by atoms with Crippen LogP contribution in [0.1, 0.15) is 54.7 Å². The predicted molar refractivity (Wildman–Crippen MR) is 135 cm³/mol. The van der Waals surface area contributed by atoms with Crippen LogP contribution in [0.3, 0.4) is 0 Å². The van der Waals surface area contributed by atoms with E-state index in [2.05, 4.69) is 10.6 Å². The summed E-state index contributed by atoms with van der Waals surface area (Å²) in [4.78, 5) is 64.2. The van der Waals surface area contributed by atoms with E-state index in [1.807, 2.05) is 49.4 Å². The zero-order valence-corrected chi connectivity index (χ0v) is 20.5. The Labute approximate surface area is 213 Å². The number of imide groups is 2. The number of nitrogens with one attached hydrogen (secondary N) is 2. The van der Waals surface area contributed by atoms with Gasteiger partial charge in [-0.15, -0.1) is 0 Å². The molecule has 0 saturated carbocycles. The van der Waals surface area contributed by atoms with Crippen molar-refractivity contribution in [3.8, 4) is 0 Å². The number of nitrogens with zero attached hydrogens (tertiary/aromatic N) is 1. The molecule has 0 aromatic heterocycles. The van der Waals surface area contributed by atoms with E-state index in [0.717, 1.165) is 21.6 Å². The Hall–Kier alpha value is -4.79. The fourth-order valence-electron chi connectivity index (χ4n) is 3.86. The molecule has 1 aliphatic heterocycles. The Balaban J connectivity index is 1.40. The van der Waals surface area contributed by atoms with Crippen molar-refractivity contribution in [2.24, 2.45) is 0 Å². The molecule has 4 rings (SSSR count). The molecule has 1 atom stereocenters. The summed E-state index contributed by atoms with van der Waals surface area (Å²) in [5.41, 5.74) is 3.21. The smallest absolute Gasteiger partial charge is 0.338 e. The lowest BCUT2D eigenvalue weighted by atomic mass is 10.1. The number of aryl methyl sites for hydroxylation is 2. The van der Waals surface area contributed by atoms with E-state index >= 15 is 0 Å². The standard InChI is InChI=1S/C28H25N3O6/c1-16-9-10-17(2)23(13-16)31-25(33)21-12-11-20(14-22(21)26(31)34)27(35)37-18(3)24(32)30-28(36)29-15-19-7-5-4-6-8-19/h4-14,18H,15H2,1-3H3,(H2,29,30,32,36). The van der Waals surface area contributed by atoms with Crippen molar-refractivity contribution in [3.63, 3.8) is 0 Å². The van der Waals surface area contributed by atoms with Crippen molar-refractivity contribution >= 4 is 35.4 Å². The van der Waals surface area contributed by atoms with Crippen molar-refractivity contribution in [1.82, 2.24) is 10.6 Å². The minimum atomic E-state index is -1.29. The fourth-order valence-corrected chi connectivity index (χ4v) is 3.86. The molecule has 0 radical (unpaired) electrons. The van der Waals surface area contributed by atoms with Crippen LogP contribution in [-0.4, -0.2) is 35.8 Å². The van der Waals surface area contributed by atoms with E-state index in [1.165, 1.54) is 25.1 Å². The van der Waals surface area contributed by atoms with Crippen molar-refractivity contribution in [2.75, 3.05) is 4.90 Å². The summed E-state index contributed by atoms with van der Waals surface area (Å²) in [6.07, 6.45) is -1.29. The number of hydrogen-bond acceptors (Lipinski definition) is 6. The molecule has 9 heteroatoms. The second kappa shape index (κ2) is 10.4. The number of fused-ring (bicyclic) bond motifs is 1. The maximum absolute atomic E-state index is 13.1.